The molecule has 22 heavy (non-hydrogen) atoms. The maximum Gasteiger partial charge on any atom is 0.0561 e. The van der Waals surface area contributed by atoms with Crippen LogP contribution in [0.1, 0.15) is 5.56 Å². The van der Waals surface area contributed by atoms with Gasteiger partial charge in [0.2, 0.25) is 0 Å². The molecule has 0 amide bonds. The van der Waals surface area contributed by atoms with E-state index >= 15 is 0 Å². The monoisotopic (exact) mass is 294 g/mol. The van der Waals surface area contributed by atoms with E-state index in [1.54, 1.807) is 0 Å². The number of nitrogens with zero attached hydrogens (tertiary/aromatic N) is 3. The SMILES string of the molecule is CN1CCN(c2cccc(C=NNc3ccccc3)c2)CC1. The Morgan fingerprint density at radius 2 is 1.73 bits per heavy atom. The van der Waals surface area contributed by atoms with E-state index in [1.165, 1.54) is 5.69 Å². The van der Waals surface area contributed by atoms with Gasteiger partial charge in [-0.15, -0.1) is 0 Å². The van der Waals surface area contributed by atoms with E-state index in [0.29, 0.717) is 0 Å². The van der Waals surface area contributed by atoms with Gasteiger partial charge in [0.15, 0.2) is 0 Å². The molecule has 1 aliphatic rings. The van der Waals surface area contributed by atoms with Crippen molar-refractivity contribution in [2.45, 2.75) is 0 Å². The smallest absolute Gasteiger partial charge is 0.0561 e. The van der Waals surface area contributed by atoms with Crippen molar-refractivity contribution in [3.05, 3.63) is 60.2 Å². The molecule has 0 radical (unpaired) electrons. The molecule has 0 unspecified atom stereocenters. The topological polar surface area (TPSA) is 30.9 Å². The second kappa shape index (κ2) is 7.09. The van der Waals surface area contributed by atoms with Crippen molar-refractivity contribution >= 4 is 17.6 Å². The molecule has 0 bridgehead atoms. The average Bonchev–Trinajstić information content (AvgIpc) is 2.57. The summed E-state index contributed by atoms with van der Waals surface area (Å²) in [5.41, 5.74) is 6.43. The van der Waals surface area contributed by atoms with Gasteiger partial charge in [0, 0.05) is 31.9 Å². The number of anilines is 2. The molecule has 2 aromatic carbocycles. The minimum absolute atomic E-state index is 0.994. The van der Waals surface area contributed by atoms with E-state index in [1.807, 2.05) is 36.5 Å². The molecule has 4 nitrogen and oxygen atoms in total. The zero-order valence-electron chi connectivity index (χ0n) is 12.9. The van der Waals surface area contributed by atoms with Crippen LogP contribution in [0.15, 0.2) is 59.7 Å². The molecule has 1 saturated heterocycles. The van der Waals surface area contributed by atoms with Crippen molar-refractivity contribution in [2.24, 2.45) is 5.10 Å². The molecule has 3 rings (SSSR count). The van der Waals surface area contributed by atoms with Crippen LogP contribution >= 0.6 is 0 Å². The van der Waals surface area contributed by atoms with Crippen LogP contribution in [0, 0.1) is 0 Å². The number of benzene rings is 2. The van der Waals surface area contributed by atoms with Gasteiger partial charge in [-0.05, 0) is 36.9 Å². The van der Waals surface area contributed by atoms with Crippen LogP contribution < -0.4 is 10.3 Å². The Balaban J connectivity index is 1.64. The standard InChI is InChI=1S/C18H22N4/c1-21-10-12-22(13-11-21)18-9-5-6-16(14-18)15-19-20-17-7-3-2-4-8-17/h2-9,14-15,20H,10-13H2,1H3. The van der Waals surface area contributed by atoms with E-state index in [-0.39, 0.29) is 0 Å². The largest absolute Gasteiger partial charge is 0.369 e. The summed E-state index contributed by atoms with van der Waals surface area (Å²) in [7, 11) is 2.18. The fourth-order valence-corrected chi connectivity index (χ4v) is 2.56. The number of rotatable bonds is 4. The van der Waals surface area contributed by atoms with Gasteiger partial charge >= 0.3 is 0 Å². The fourth-order valence-electron chi connectivity index (χ4n) is 2.56. The first-order valence-corrected chi connectivity index (χ1v) is 7.69. The minimum atomic E-state index is 0.994. The van der Waals surface area contributed by atoms with Gasteiger partial charge in [-0.25, -0.2) is 0 Å². The molecule has 0 aromatic heterocycles. The van der Waals surface area contributed by atoms with Crippen molar-refractivity contribution in [1.29, 1.82) is 0 Å². The van der Waals surface area contributed by atoms with Crippen molar-refractivity contribution in [3.8, 4) is 0 Å². The Bertz CT molecular complexity index is 616. The van der Waals surface area contributed by atoms with Crippen LogP contribution in [-0.2, 0) is 0 Å². The molecule has 114 valence electrons. The summed E-state index contributed by atoms with van der Waals surface area (Å²) >= 11 is 0. The van der Waals surface area contributed by atoms with Crippen molar-refractivity contribution in [3.63, 3.8) is 0 Å². The summed E-state index contributed by atoms with van der Waals surface area (Å²) in [6.45, 7) is 4.40. The zero-order valence-corrected chi connectivity index (χ0v) is 12.9. The predicted octanol–water partition coefficient (Wildman–Crippen LogP) is 2.88. The third kappa shape index (κ3) is 3.86. The highest BCUT2D eigenvalue weighted by atomic mass is 15.3. The Kier molecular flexibility index (Phi) is 4.71. The van der Waals surface area contributed by atoms with Gasteiger partial charge in [0.1, 0.15) is 0 Å². The minimum Gasteiger partial charge on any atom is -0.369 e. The zero-order chi connectivity index (χ0) is 15.2. The lowest BCUT2D eigenvalue weighted by molar-refractivity contribution is 0.313. The number of likely N-dealkylation sites (N-methyl/N-ethyl adjacent to an activating group) is 1. The van der Waals surface area contributed by atoms with E-state index in [9.17, 15) is 0 Å². The summed E-state index contributed by atoms with van der Waals surface area (Å²) in [6.07, 6.45) is 1.87. The first kappa shape index (κ1) is 14.6. The van der Waals surface area contributed by atoms with Crippen molar-refractivity contribution in [1.82, 2.24) is 4.90 Å². The van der Waals surface area contributed by atoms with Crippen LogP contribution in [-0.4, -0.2) is 44.3 Å². The van der Waals surface area contributed by atoms with Gasteiger partial charge in [-0.3, -0.25) is 5.43 Å². The predicted molar refractivity (Wildman–Crippen MR) is 93.8 cm³/mol. The Hall–Kier alpha value is -2.33. The van der Waals surface area contributed by atoms with Crippen molar-refractivity contribution < 1.29 is 0 Å². The Labute approximate surface area is 132 Å². The number of hydrogen-bond acceptors (Lipinski definition) is 4. The quantitative estimate of drug-likeness (QED) is 0.695. The highest BCUT2D eigenvalue weighted by Gasteiger charge is 2.13. The average molecular weight is 294 g/mol. The second-order valence-corrected chi connectivity index (χ2v) is 5.62. The van der Waals surface area contributed by atoms with Crippen LogP contribution in [0.25, 0.3) is 0 Å². The van der Waals surface area contributed by atoms with E-state index in [2.05, 4.69) is 51.6 Å². The normalized spacial score (nSPS) is 16.1. The summed E-state index contributed by atoms with van der Waals surface area (Å²) in [6, 6.07) is 18.5. The molecular weight excluding hydrogens is 272 g/mol. The lowest BCUT2D eigenvalue weighted by atomic mass is 10.2. The van der Waals surface area contributed by atoms with Gasteiger partial charge in [0.05, 0.1) is 11.9 Å². The molecule has 4 heteroatoms. The van der Waals surface area contributed by atoms with Gasteiger partial charge in [-0.1, -0.05) is 30.3 Å². The van der Waals surface area contributed by atoms with E-state index < -0.39 is 0 Å². The van der Waals surface area contributed by atoms with Crippen molar-refractivity contribution in [2.75, 3.05) is 43.6 Å². The maximum absolute atomic E-state index is 4.31. The maximum atomic E-state index is 4.31. The number of nitrogens with one attached hydrogen (secondary N) is 1. The second-order valence-electron chi connectivity index (χ2n) is 5.62. The van der Waals surface area contributed by atoms with Gasteiger partial charge in [0.25, 0.3) is 0 Å². The lowest BCUT2D eigenvalue weighted by Gasteiger charge is -2.34. The summed E-state index contributed by atoms with van der Waals surface area (Å²) in [4.78, 5) is 4.80. The molecule has 0 atom stereocenters. The third-order valence-corrected chi connectivity index (χ3v) is 3.92. The molecule has 1 fully saturated rings. The van der Waals surface area contributed by atoms with E-state index in [0.717, 1.165) is 37.4 Å². The molecule has 2 aromatic rings. The van der Waals surface area contributed by atoms with Gasteiger partial charge in [-0.2, -0.15) is 5.10 Å². The van der Waals surface area contributed by atoms with Crippen LogP contribution in [0.3, 0.4) is 0 Å². The van der Waals surface area contributed by atoms with Crippen LogP contribution in [0.2, 0.25) is 0 Å². The van der Waals surface area contributed by atoms with E-state index in [4.69, 9.17) is 0 Å². The lowest BCUT2D eigenvalue weighted by Crippen LogP contribution is -2.44. The van der Waals surface area contributed by atoms with Gasteiger partial charge < -0.3 is 9.80 Å². The third-order valence-electron chi connectivity index (χ3n) is 3.92. The molecule has 0 saturated carbocycles. The number of piperazine rings is 1. The molecule has 0 spiro atoms. The summed E-state index contributed by atoms with van der Waals surface area (Å²) < 4.78 is 0. The Morgan fingerprint density at radius 1 is 0.955 bits per heavy atom. The summed E-state index contributed by atoms with van der Waals surface area (Å²) in [5.74, 6) is 0. The number of hydrogen-bond donors (Lipinski definition) is 1. The Morgan fingerprint density at radius 3 is 2.50 bits per heavy atom. The first-order valence-electron chi connectivity index (χ1n) is 7.69. The highest BCUT2D eigenvalue weighted by Crippen LogP contribution is 2.17. The summed E-state index contributed by atoms with van der Waals surface area (Å²) in [5, 5.41) is 4.31. The van der Waals surface area contributed by atoms with Crippen LogP contribution in [0.4, 0.5) is 11.4 Å². The fraction of sp³-hybridized carbons (Fsp3) is 0.278. The number of para-hydroxylation sites is 1. The first-order chi connectivity index (χ1) is 10.8. The molecule has 1 heterocycles. The molecule has 1 N–H and O–H groups in total. The highest BCUT2D eigenvalue weighted by molar-refractivity contribution is 5.82. The molecular formula is C18H22N4. The van der Waals surface area contributed by atoms with Crippen LogP contribution in [0.5, 0.6) is 0 Å². The molecule has 0 aliphatic carbocycles. The molecule has 1 aliphatic heterocycles. The number of hydrazone groups is 1.